The first-order valence-corrected chi connectivity index (χ1v) is 12.5. The maximum atomic E-state index is 2.42. The van der Waals surface area contributed by atoms with Gasteiger partial charge in [0.25, 0.3) is 0 Å². The van der Waals surface area contributed by atoms with Crippen molar-refractivity contribution in [2.24, 2.45) is 0 Å². The fourth-order valence-corrected chi connectivity index (χ4v) is 5.58. The van der Waals surface area contributed by atoms with Crippen molar-refractivity contribution in [3.63, 3.8) is 0 Å². The largest absolute Gasteiger partial charge is 0.310 e. The van der Waals surface area contributed by atoms with E-state index in [9.17, 15) is 0 Å². The van der Waals surface area contributed by atoms with Crippen molar-refractivity contribution in [3.8, 4) is 0 Å². The molecule has 170 valence electrons. The van der Waals surface area contributed by atoms with E-state index in [-0.39, 0.29) is 0 Å². The summed E-state index contributed by atoms with van der Waals surface area (Å²) in [7, 11) is 0. The molecule has 0 aliphatic rings. The molecule has 7 aromatic carbocycles. The van der Waals surface area contributed by atoms with Gasteiger partial charge >= 0.3 is 0 Å². The van der Waals surface area contributed by atoms with Crippen molar-refractivity contribution in [1.82, 2.24) is 0 Å². The molecular weight excluding hydrogens is 434 g/mol. The molecule has 0 amide bonds. The van der Waals surface area contributed by atoms with Crippen LogP contribution in [0, 0.1) is 6.92 Å². The highest BCUT2D eigenvalue weighted by atomic mass is 15.1. The van der Waals surface area contributed by atoms with Gasteiger partial charge in [-0.05, 0) is 74.5 Å². The SMILES string of the molecule is Cc1ccccc1N(c1ccc2c(ccc3ccccc32)c1)c1cccc2c1ccc1ccccc12. The lowest BCUT2D eigenvalue weighted by Crippen LogP contribution is -2.11. The van der Waals surface area contributed by atoms with Crippen LogP contribution in [-0.4, -0.2) is 0 Å². The van der Waals surface area contributed by atoms with E-state index in [1.54, 1.807) is 0 Å². The second-order valence-corrected chi connectivity index (χ2v) is 9.47. The molecule has 0 bridgehead atoms. The van der Waals surface area contributed by atoms with Crippen molar-refractivity contribution >= 4 is 60.2 Å². The lowest BCUT2D eigenvalue weighted by Gasteiger charge is -2.29. The maximum absolute atomic E-state index is 2.42. The zero-order valence-electron chi connectivity index (χ0n) is 20.1. The minimum absolute atomic E-state index is 1.16. The van der Waals surface area contributed by atoms with Gasteiger partial charge in [0.2, 0.25) is 0 Å². The van der Waals surface area contributed by atoms with Gasteiger partial charge in [-0.15, -0.1) is 0 Å². The number of hydrogen-bond acceptors (Lipinski definition) is 1. The summed E-state index contributed by atoms with van der Waals surface area (Å²) >= 11 is 0. The molecule has 1 heteroatoms. The van der Waals surface area contributed by atoms with Gasteiger partial charge in [-0.3, -0.25) is 0 Å². The first-order valence-electron chi connectivity index (χ1n) is 12.5. The summed E-state index contributed by atoms with van der Waals surface area (Å²) in [5, 5.41) is 10.2. The van der Waals surface area contributed by atoms with Crippen molar-refractivity contribution in [2.45, 2.75) is 6.92 Å². The van der Waals surface area contributed by atoms with Gasteiger partial charge < -0.3 is 4.90 Å². The molecule has 0 aliphatic carbocycles. The van der Waals surface area contributed by atoms with Gasteiger partial charge in [0.05, 0.1) is 5.69 Å². The van der Waals surface area contributed by atoms with Gasteiger partial charge in [-0.2, -0.15) is 0 Å². The molecule has 7 aromatic rings. The Morgan fingerprint density at radius 1 is 0.389 bits per heavy atom. The molecule has 0 aromatic heterocycles. The van der Waals surface area contributed by atoms with Crippen LogP contribution in [0.4, 0.5) is 17.1 Å². The van der Waals surface area contributed by atoms with Crippen LogP contribution < -0.4 is 4.90 Å². The summed E-state index contributed by atoms with van der Waals surface area (Å²) in [5.74, 6) is 0. The van der Waals surface area contributed by atoms with Crippen molar-refractivity contribution in [3.05, 3.63) is 139 Å². The van der Waals surface area contributed by atoms with Gasteiger partial charge in [0.15, 0.2) is 0 Å². The Kier molecular flexibility index (Phi) is 4.75. The Bertz CT molecular complexity index is 1910. The Hall–Kier alpha value is -4.62. The number of aryl methyl sites for hydroxylation is 1. The smallest absolute Gasteiger partial charge is 0.0540 e. The van der Waals surface area contributed by atoms with Gasteiger partial charge in [0, 0.05) is 16.8 Å². The van der Waals surface area contributed by atoms with Crippen LogP contribution in [0.5, 0.6) is 0 Å². The number of benzene rings is 7. The van der Waals surface area contributed by atoms with E-state index in [0.29, 0.717) is 0 Å². The van der Waals surface area contributed by atoms with Gasteiger partial charge in [0.1, 0.15) is 0 Å². The molecule has 0 N–H and O–H groups in total. The quantitative estimate of drug-likeness (QED) is 0.238. The highest BCUT2D eigenvalue weighted by Crippen LogP contribution is 2.42. The van der Waals surface area contributed by atoms with E-state index < -0.39 is 0 Å². The van der Waals surface area contributed by atoms with E-state index in [0.717, 1.165) is 5.69 Å². The molecule has 0 fully saturated rings. The van der Waals surface area contributed by atoms with E-state index in [4.69, 9.17) is 0 Å². The standard InChI is InChI=1S/C35H25N/c1-24-9-2-7-15-34(24)36(28-20-22-31-27(23-28)18-17-25-10-3-5-12-29(25)31)35-16-8-14-32-30-13-6-4-11-26(30)19-21-33(32)35/h2-23H,1H3. The summed E-state index contributed by atoms with van der Waals surface area (Å²) in [4.78, 5) is 2.42. The summed E-state index contributed by atoms with van der Waals surface area (Å²) in [6.07, 6.45) is 0. The number of para-hydroxylation sites is 1. The van der Waals surface area contributed by atoms with Gasteiger partial charge in [-0.1, -0.05) is 109 Å². The summed E-state index contributed by atoms with van der Waals surface area (Å²) in [6.45, 7) is 2.19. The third kappa shape index (κ3) is 3.25. The number of nitrogens with zero attached hydrogens (tertiary/aromatic N) is 1. The van der Waals surface area contributed by atoms with Crippen LogP contribution >= 0.6 is 0 Å². The summed E-state index contributed by atoms with van der Waals surface area (Å²) in [5.41, 5.74) is 4.78. The molecule has 0 spiro atoms. The van der Waals surface area contributed by atoms with Crippen LogP contribution in [0.25, 0.3) is 43.1 Å². The van der Waals surface area contributed by atoms with E-state index in [1.165, 1.54) is 60.0 Å². The van der Waals surface area contributed by atoms with Crippen LogP contribution in [-0.2, 0) is 0 Å². The molecule has 0 saturated heterocycles. The molecular formula is C35H25N. The Morgan fingerprint density at radius 3 is 1.75 bits per heavy atom. The number of rotatable bonds is 3. The highest BCUT2D eigenvalue weighted by molar-refractivity contribution is 6.13. The molecule has 0 atom stereocenters. The molecule has 36 heavy (non-hydrogen) atoms. The molecule has 0 unspecified atom stereocenters. The fraction of sp³-hybridized carbons (Fsp3) is 0.0286. The van der Waals surface area contributed by atoms with E-state index >= 15 is 0 Å². The van der Waals surface area contributed by atoms with Gasteiger partial charge in [-0.25, -0.2) is 0 Å². The normalized spacial score (nSPS) is 11.5. The predicted octanol–water partition coefficient (Wildman–Crippen LogP) is 10.1. The average Bonchev–Trinajstić information content (AvgIpc) is 2.94. The molecule has 1 nitrogen and oxygen atoms in total. The zero-order valence-corrected chi connectivity index (χ0v) is 20.1. The minimum atomic E-state index is 1.16. The third-order valence-corrected chi connectivity index (χ3v) is 7.35. The molecule has 0 heterocycles. The van der Waals surface area contributed by atoms with E-state index in [1.807, 2.05) is 0 Å². The first-order chi connectivity index (χ1) is 17.8. The Labute approximate surface area is 210 Å². The average molecular weight is 460 g/mol. The van der Waals surface area contributed by atoms with Crippen LogP contribution in [0.3, 0.4) is 0 Å². The molecule has 0 aliphatic heterocycles. The van der Waals surface area contributed by atoms with E-state index in [2.05, 4.69) is 145 Å². The molecule has 7 rings (SSSR count). The zero-order chi connectivity index (χ0) is 24.1. The van der Waals surface area contributed by atoms with Crippen LogP contribution in [0.1, 0.15) is 5.56 Å². The lowest BCUT2D eigenvalue weighted by atomic mass is 9.98. The number of hydrogen-bond donors (Lipinski definition) is 0. The lowest BCUT2D eigenvalue weighted by molar-refractivity contribution is 1.27. The van der Waals surface area contributed by atoms with Crippen molar-refractivity contribution in [1.29, 1.82) is 0 Å². The Morgan fingerprint density at radius 2 is 0.944 bits per heavy atom. The van der Waals surface area contributed by atoms with Crippen LogP contribution in [0.2, 0.25) is 0 Å². The predicted molar refractivity (Wildman–Crippen MR) is 156 cm³/mol. The van der Waals surface area contributed by atoms with Crippen LogP contribution in [0.15, 0.2) is 133 Å². The topological polar surface area (TPSA) is 3.24 Å². The fourth-order valence-electron chi connectivity index (χ4n) is 5.58. The number of fused-ring (bicyclic) bond motifs is 6. The number of anilines is 3. The second-order valence-electron chi connectivity index (χ2n) is 9.47. The third-order valence-electron chi connectivity index (χ3n) is 7.35. The molecule has 0 radical (unpaired) electrons. The second kappa shape index (κ2) is 8.25. The highest BCUT2D eigenvalue weighted by Gasteiger charge is 2.18. The first kappa shape index (κ1) is 20.7. The monoisotopic (exact) mass is 459 g/mol. The summed E-state index contributed by atoms with van der Waals surface area (Å²) in [6, 6.07) is 48.4. The minimum Gasteiger partial charge on any atom is -0.310 e. The Balaban J connectivity index is 1.52. The summed E-state index contributed by atoms with van der Waals surface area (Å²) < 4.78 is 0. The van der Waals surface area contributed by atoms with Crippen molar-refractivity contribution in [2.75, 3.05) is 4.90 Å². The maximum Gasteiger partial charge on any atom is 0.0540 e. The van der Waals surface area contributed by atoms with Crippen molar-refractivity contribution < 1.29 is 0 Å². The molecule has 0 saturated carbocycles.